The molecule has 49 heavy (non-hydrogen) atoms. The van der Waals surface area contributed by atoms with Crippen LogP contribution < -0.4 is 14.5 Å². The van der Waals surface area contributed by atoms with Crippen LogP contribution >= 0.6 is 0 Å². The van der Waals surface area contributed by atoms with Crippen LogP contribution in [0.25, 0.3) is 17.0 Å². The van der Waals surface area contributed by atoms with Crippen molar-refractivity contribution in [3.63, 3.8) is 0 Å². The van der Waals surface area contributed by atoms with Gasteiger partial charge in [0.25, 0.3) is 0 Å². The van der Waals surface area contributed by atoms with E-state index in [1.165, 1.54) is 21.1 Å². The molecule has 0 atom stereocenters. The van der Waals surface area contributed by atoms with Gasteiger partial charge < -0.3 is 24.2 Å². The maximum Gasteiger partial charge on any atom is 0.242 e. The molecule has 0 aliphatic carbocycles. The molecule has 2 aromatic heterocycles. The minimum Gasteiger partial charge on any atom is -0.494 e. The van der Waals surface area contributed by atoms with Gasteiger partial charge in [0.2, 0.25) is 37.9 Å². The van der Waals surface area contributed by atoms with Gasteiger partial charge in [-0.2, -0.15) is 19.3 Å². The van der Waals surface area contributed by atoms with Crippen LogP contribution in [0, 0.1) is 0 Å². The van der Waals surface area contributed by atoms with Crippen LogP contribution in [0.3, 0.4) is 0 Å². The fraction of sp³-hybridized carbons (Fsp3) is 0.667. The highest BCUT2D eigenvalue weighted by molar-refractivity contribution is 7.88. The molecule has 19 heteroatoms. The van der Waals surface area contributed by atoms with Gasteiger partial charge in [0.05, 0.1) is 38.4 Å². The number of halogens is 1. The van der Waals surface area contributed by atoms with Gasteiger partial charge in [-0.05, 0) is 37.9 Å². The fourth-order valence-electron chi connectivity index (χ4n) is 6.76. The van der Waals surface area contributed by atoms with Crippen LogP contribution in [0.15, 0.2) is 18.2 Å². The molecule has 0 radical (unpaired) electrons. The van der Waals surface area contributed by atoms with E-state index in [4.69, 9.17) is 24.4 Å². The molecule has 5 heterocycles. The highest BCUT2D eigenvalue weighted by Gasteiger charge is 2.32. The second-order valence-corrected chi connectivity index (χ2v) is 16.6. The topological polar surface area (TPSA) is 159 Å². The van der Waals surface area contributed by atoms with Gasteiger partial charge in [-0.3, -0.25) is 4.57 Å². The summed E-state index contributed by atoms with van der Waals surface area (Å²) in [7, 11) is -5.02. The molecule has 16 nitrogen and oxygen atoms in total. The average Bonchev–Trinajstić information content (AvgIpc) is 3.49. The zero-order valence-electron chi connectivity index (χ0n) is 28.2. The lowest BCUT2D eigenvalue weighted by Gasteiger charge is -2.39. The number of piperidine rings is 1. The summed E-state index contributed by atoms with van der Waals surface area (Å²) in [6.45, 7) is 5.55. The minimum absolute atomic E-state index is 0.0619. The number of morpholine rings is 1. The van der Waals surface area contributed by atoms with Crippen LogP contribution in [-0.4, -0.2) is 159 Å². The number of alkyl halides is 1. The first-order valence-electron chi connectivity index (χ1n) is 16.5. The Morgan fingerprint density at radius 3 is 2.16 bits per heavy atom. The fourth-order valence-corrected chi connectivity index (χ4v) is 8.46. The van der Waals surface area contributed by atoms with E-state index in [0.29, 0.717) is 114 Å². The number of nitrogens with zero attached hydrogens (tertiary/aromatic N) is 10. The summed E-state index contributed by atoms with van der Waals surface area (Å²) < 4.78 is 79.0. The highest BCUT2D eigenvalue weighted by Crippen LogP contribution is 2.30. The first-order valence-corrected chi connectivity index (χ1v) is 20.2. The van der Waals surface area contributed by atoms with E-state index in [1.54, 1.807) is 17.7 Å². The van der Waals surface area contributed by atoms with Crippen molar-refractivity contribution in [1.82, 2.24) is 38.0 Å². The van der Waals surface area contributed by atoms with E-state index in [-0.39, 0.29) is 17.8 Å². The molecule has 1 aromatic carbocycles. The number of piperazine rings is 1. The first-order chi connectivity index (χ1) is 23.5. The summed E-state index contributed by atoms with van der Waals surface area (Å²) in [6.07, 6.45) is 4.36. The van der Waals surface area contributed by atoms with Crippen LogP contribution in [0.5, 0.6) is 5.75 Å². The number of aromatic nitrogens is 5. The van der Waals surface area contributed by atoms with Crippen molar-refractivity contribution in [2.24, 2.45) is 0 Å². The van der Waals surface area contributed by atoms with E-state index in [2.05, 4.69) is 14.8 Å². The van der Waals surface area contributed by atoms with Crippen LogP contribution in [0.4, 0.5) is 16.3 Å². The minimum atomic E-state index is -3.33. The molecule has 3 aliphatic rings. The van der Waals surface area contributed by atoms with Crippen molar-refractivity contribution in [1.29, 1.82) is 0 Å². The number of benzene rings is 1. The number of imidazole rings is 1. The molecule has 3 aromatic rings. The summed E-state index contributed by atoms with van der Waals surface area (Å²) in [5.74, 6) is 1.72. The molecular formula is C30H45FN10O6S2. The lowest BCUT2D eigenvalue weighted by molar-refractivity contribution is 0.122. The van der Waals surface area contributed by atoms with E-state index < -0.39 is 26.7 Å². The first kappa shape index (κ1) is 35.6. The normalized spacial score (nSPS) is 19.5. The lowest BCUT2D eigenvalue weighted by atomic mass is 10.0. The standard InChI is InChI=1S/C30H45FN10O6S2/c1-46-25-7-4-6-24-27(25)32-26(22-31)41(24)30-34-28(37-18-20-47-21-19-37)33-29(35-30)40(23-8-12-38(13-9-23)48(2,42)43)11-5-10-36-14-16-39(17-15-36)49(3,44)45/h4,6-7,23H,5,8-22H2,1-3H3. The predicted octanol–water partition coefficient (Wildman–Crippen LogP) is 0.723. The molecule has 3 fully saturated rings. The lowest BCUT2D eigenvalue weighted by Crippen LogP contribution is -2.50. The molecule has 0 amide bonds. The summed E-state index contributed by atoms with van der Waals surface area (Å²) in [5, 5.41) is 0. The van der Waals surface area contributed by atoms with E-state index in [0.717, 1.165) is 13.0 Å². The van der Waals surface area contributed by atoms with Gasteiger partial charge in [-0.15, -0.1) is 0 Å². The summed E-state index contributed by atoms with van der Waals surface area (Å²) in [4.78, 5) is 25.8. The predicted molar refractivity (Wildman–Crippen MR) is 183 cm³/mol. The molecule has 3 saturated heterocycles. The Balaban J connectivity index is 1.35. The van der Waals surface area contributed by atoms with Crippen molar-refractivity contribution in [2.45, 2.75) is 32.0 Å². The Kier molecular flexibility index (Phi) is 10.9. The van der Waals surface area contributed by atoms with Crippen LogP contribution in [0.2, 0.25) is 0 Å². The third-order valence-corrected chi connectivity index (χ3v) is 12.0. The molecule has 0 unspecified atom stereocenters. The number of hydrogen-bond donors (Lipinski definition) is 0. The summed E-state index contributed by atoms with van der Waals surface area (Å²) in [5.41, 5.74) is 1.09. The zero-order chi connectivity index (χ0) is 34.8. The largest absolute Gasteiger partial charge is 0.494 e. The van der Waals surface area contributed by atoms with Crippen LogP contribution in [0.1, 0.15) is 25.1 Å². The number of rotatable bonds is 12. The molecule has 6 rings (SSSR count). The number of sulfonamides is 2. The zero-order valence-corrected chi connectivity index (χ0v) is 29.9. The number of methoxy groups -OCH3 is 1. The number of para-hydroxylation sites is 1. The van der Waals surface area contributed by atoms with Crippen molar-refractivity contribution in [3.8, 4) is 11.7 Å². The number of hydrogen-bond acceptors (Lipinski definition) is 13. The maximum absolute atomic E-state index is 14.6. The second-order valence-electron chi connectivity index (χ2n) is 12.6. The Morgan fingerprint density at radius 2 is 1.53 bits per heavy atom. The van der Waals surface area contributed by atoms with E-state index in [9.17, 15) is 21.2 Å². The Bertz CT molecular complexity index is 1820. The Labute approximate surface area is 286 Å². The number of anilines is 2. The molecule has 3 aliphatic heterocycles. The van der Waals surface area contributed by atoms with Gasteiger partial charge in [0.15, 0.2) is 0 Å². The van der Waals surface area contributed by atoms with Gasteiger partial charge in [0, 0.05) is 64.9 Å². The number of ether oxygens (including phenoxy) is 2. The molecule has 0 N–H and O–H groups in total. The maximum atomic E-state index is 14.6. The van der Waals surface area contributed by atoms with Crippen molar-refractivity contribution in [3.05, 3.63) is 24.0 Å². The van der Waals surface area contributed by atoms with Gasteiger partial charge in [-0.25, -0.2) is 30.5 Å². The highest BCUT2D eigenvalue weighted by atomic mass is 32.2. The molecule has 0 saturated carbocycles. The molecular weight excluding hydrogens is 680 g/mol. The SMILES string of the molecule is COc1cccc2c1nc(CF)n2-c1nc(N2CCOCC2)nc(N(CCCN2CCN(S(C)(=O)=O)CC2)C2CCN(S(C)(=O)=O)CC2)n1. The van der Waals surface area contributed by atoms with Gasteiger partial charge in [0.1, 0.15) is 23.8 Å². The molecule has 270 valence electrons. The third-order valence-electron chi connectivity index (χ3n) is 9.41. The van der Waals surface area contributed by atoms with Gasteiger partial charge in [-0.1, -0.05) is 6.07 Å². The second kappa shape index (κ2) is 14.9. The van der Waals surface area contributed by atoms with Crippen LogP contribution in [-0.2, 0) is 31.5 Å². The molecule has 0 spiro atoms. The van der Waals surface area contributed by atoms with Crippen molar-refractivity contribution >= 4 is 43.0 Å². The van der Waals surface area contributed by atoms with E-state index in [1.807, 2.05) is 17.0 Å². The third kappa shape index (κ3) is 8.06. The van der Waals surface area contributed by atoms with E-state index >= 15 is 0 Å². The van der Waals surface area contributed by atoms with Gasteiger partial charge >= 0.3 is 0 Å². The van der Waals surface area contributed by atoms with Crippen molar-refractivity contribution < 1.29 is 30.7 Å². The quantitative estimate of drug-likeness (QED) is 0.258. The van der Waals surface area contributed by atoms with Crippen molar-refractivity contribution in [2.75, 3.05) is 108 Å². The number of fused-ring (bicyclic) bond motifs is 1. The summed E-state index contributed by atoms with van der Waals surface area (Å²) >= 11 is 0. The Hall–Kier alpha value is -3.23. The average molecular weight is 725 g/mol. The Morgan fingerprint density at radius 1 is 0.878 bits per heavy atom. The smallest absolute Gasteiger partial charge is 0.242 e. The summed E-state index contributed by atoms with van der Waals surface area (Å²) in [6, 6.07) is 5.34. The monoisotopic (exact) mass is 724 g/mol. The molecule has 0 bridgehead atoms.